The summed E-state index contributed by atoms with van der Waals surface area (Å²) in [4.78, 5) is 0.184. The van der Waals surface area contributed by atoms with E-state index in [1.54, 1.807) is 12.1 Å². The molecule has 0 aliphatic carbocycles. The minimum atomic E-state index is -3.35. The lowest BCUT2D eigenvalue weighted by atomic mass is 10.2. The Bertz CT molecular complexity index is 535. The molecule has 5 nitrogen and oxygen atoms in total. The highest BCUT2D eigenvalue weighted by Crippen LogP contribution is 2.12. The van der Waals surface area contributed by atoms with Gasteiger partial charge in [0.15, 0.2) is 9.84 Å². The van der Waals surface area contributed by atoms with Crippen LogP contribution < -0.4 is 5.32 Å². The summed E-state index contributed by atoms with van der Waals surface area (Å²) in [6.07, 6.45) is 1.53. The van der Waals surface area contributed by atoms with Gasteiger partial charge in [-0.05, 0) is 37.6 Å². The summed E-state index contributed by atoms with van der Waals surface area (Å²) in [5.74, 6) is 0.000999. The molecule has 0 saturated heterocycles. The van der Waals surface area contributed by atoms with Crippen LogP contribution in [0.1, 0.15) is 18.4 Å². The van der Waals surface area contributed by atoms with E-state index in [-0.39, 0.29) is 17.3 Å². The molecule has 0 heterocycles. The number of nitriles is 1. The maximum atomic E-state index is 12.0. The second kappa shape index (κ2) is 7.89. The molecule has 0 aliphatic heterocycles. The maximum Gasteiger partial charge on any atom is 0.179 e. The van der Waals surface area contributed by atoms with Crippen molar-refractivity contribution in [3.63, 3.8) is 0 Å². The molecule has 0 aromatic heterocycles. The summed E-state index contributed by atoms with van der Waals surface area (Å²) in [5, 5.41) is 20.4. The zero-order chi connectivity index (χ0) is 14.1. The predicted octanol–water partition coefficient (Wildman–Crippen LogP) is 0.694. The van der Waals surface area contributed by atoms with E-state index in [0.29, 0.717) is 25.1 Å². The summed E-state index contributed by atoms with van der Waals surface area (Å²) in [6, 6.07) is 7.96. The van der Waals surface area contributed by atoms with E-state index in [0.717, 1.165) is 6.42 Å². The quantitative estimate of drug-likeness (QED) is 0.685. The van der Waals surface area contributed by atoms with Crippen molar-refractivity contribution in [3.05, 3.63) is 29.8 Å². The van der Waals surface area contributed by atoms with Gasteiger partial charge in [0.1, 0.15) is 0 Å². The molecule has 0 unspecified atom stereocenters. The second-order valence-corrected chi connectivity index (χ2v) is 6.25. The molecule has 6 heteroatoms. The monoisotopic (exact) mass is 282 g/mol. The minimum Gasteiger partial charge on any atom is -0.396 e. The molecule has 1 aromatic rings. The number of nitrogens with one attached hydrogen (secondary N) is 1. The smallest absolute Gasteiger partial charge is 0.179 e. The third kappa shape index (κ3) is 5.39. The second-order valence-electron chi connectivity index (χ2n) is 4.14. The molecule has 0 amide bonds. The number of benzene rings is 1. The predicted molar refractivity (Wildman–Crippen MR) is 72.4 cm³/mol. The van der Waals surface area contributed by atoms with Crippen LogP contribution in [0.2, 0.25) is 0 Å². The highest BCUT2D eigenvalue weighted by atomic mass is 32.2. The molecule has 19 heavy (non-hydrogen) atoms. The van der Waals surface area contributed by atoms with Crippen LogP contribution >= 0.6 is 0 Å². The number of unbranched alkanes of at least 4 members (excludes halogenated alkanes) is 1. The van der Waals surface area contributed by atoms with Crippen molar-refractivity contribution in [1.82, 2.24) is 5.32 Å². The fourth-order valence-electron chi connectivity index (χ4n) is 1.57. The van der Waals surface area contributed by atoms with Gasteiger partial charge in [-0.2, -0.15) is 5.26 Å². The molecule has 1 aromatic carbocycles. The molecular formula is C13H18N2O3S. The molecule has 0 fully saturated rings. The lowest BCUT2D eigenvalue weighted by Crippen LogP contribution is -2.24. The van der Waals surface area contributed by atoms with Crippen molar-refractivity contribution in [3.8, 4) is 6.07 Å². The third-order valence-corrected chi connectivity index (χ3v) is 4.35. The summed E-state index contributed by atoms with van der Waals surface area (Å²) in [5.41, 5.74) is 0.344. The first kappa shape index (κ1) is 15.6. The first-order chi connectivity index (χ1) is 9.10. The molecule has 0 radical (unpaired) electrons. The highest BCUT2D eigenvalue weighted by Gasteiger charge is 2.14. The average molecular weight is 282 g/mol. The van der Waals surface area contributed by atoms with Gasteiger partial charge in [-0.15, -0.1) is 0 Å². The largest absolute Gasteiger partial charge is 0.396 e. The summed E-state index contributed by atoms with van der Waals surface area (Å²) < 4.78 is 24.0. The van der Waals surface area contributed by atoms with Gasteiger partial charge in [-0.3, -0.25) is 0 Å². The zero-order valence-electron chi connectivity index (χ0n) is 10.7. The van der Waals surface area contributed by atoms with E-state index < -0.39 is 9.84 Å². The van der Waals surface area contributed by atoms with E-state index in [1.807, 2.05) is 6.07 Å². The van der Waals surface area contributed by atoms with Gasteiger partial charge in [0, 0.05) is 13.2 Å². The maximum absolute atomic E-state index is 12.0. The van der Waals surface area contributed by atoms with Crippen molar-refractivity contribution in [2.45, 2.75) is 17.7 Å². The molecular weight excluding hydrogens is 264 g/mol. The van der Waals surface area contributed by atoms with E-state index in [2.05, 4.69) is 5.32 Å². The van der Waals surface area contributed by atoms with Gasteiger partial charge in [-0.25, -0.2) is 8.42 Å². The van der Waals surface area contributed by atoms with E-state index >= 15 is 0 Å². The Morgan fingerprint density at radius 1 is 1.26 bits per heavy atom. The molecule has 1 rings (SSSR count). The Labute approximate surface area is 113 Å². The first-order valence-corrected chi connectivity index (χ1v) is 7.80. The number of nitrogens with zero attached hydrogens (tertiary/aromatic N) is 1. The summed E-state index contributed by atoms with van der Waals surface area (Å²) in [7, 11) is -3.35. The van der Waals surface area contributed by atoms with Crippen molar-refractivity contribution in [2.75, 3.05) is 25.4 Å². The van der Waals surface area contributed by atoms with Crippen molar-refractivity contribution in [1.29, 1.82) is 5.26 Å². The first-order valence-electron chi connectivity index (χ1n) is 6.14. The van der Waals surface area contributed by atoms with E-state index in [1.165, 1.54) is 12.1 Å². The molecule has 104 valence electrons. The minimum absolute atomic E-state index is 0.000999. The van der Waals surface area contributed by atoms with Crippen LogP contribution in [0.15, 0.2) is 29.2 Å². The Morgan fingerprint density at radius 3 is 2.74 bits per heavy atom. The van der Waals surface area contributed by atoms with Crippen molar-refractivity contribution < 1.29 is 13.5 Å². The number of rotatable bonds is 8. The van der Waals surface area contributed by atoms with Crippen LogP contribution in [0.4, 0.5) is 0 Å². The fraction of sp³-hybridized carbons (Fsp3) is 0.462. The Hall–Kier alpha value is -1.42. The van der Waals surface area contributed by atoms with Gasteiger partial charge >= 0.3 is 0 Å². The number of aliphatic hydroxyl groups excluding tert-OH is 1. The van der Waals surface area contributed by atoms with Gasteiger partial charge in [0.2, 0.25) is 0 Å². The highest BCUT2D eigenvalue weighted by molar-refractivity contribution is 7.91. The molecule has 0 atom stereocenters. The summed E-state index contributed by atoms with van der Waals surface area (Å²) >= 11 is 0. The Morgan fingerprint density at radius 2 is 2.05 bits per heavy atom. The molecule has 0 spiro atoms. The van der Waals surface area contributed by atoms with Gasteiger partial charge in [0.05, 0.1) is 22.3 Å². The van der Waals surface area contributed by atoms with E-state index in [9.17, 15) is 8.42 Å². The third-order valence-electron chi connectivity index (χ3n) is 2.63. The summed E-state index contributed by atoms with van der Waals surface area (Å²) in [6.45, 7) is 1.21. The van der Waals surface area contributed by atoms with Crippen LogP contribution in [0.5, 0.6) is 0 Å². The van der Waals surface area contributed by atoms with Crippen LogP contribution in [-0.4, -0.2) is 39.0 Å². The number of hydrogen-bond acceptors (Lipinski definition) is 5. The van der Waals surface area contributed by atoms with Crippen LogP contribution in [-0.2, 0) is 9.84 Å². The normalized spacial score (nSPS) is 11.2. The Balaban J connectivity index is 2.49. The lowest BCUT2D eigenvalue weighted by molar-refractivity contribution is 0.284. The fourth-order valence-corrected chi connectivity index (χ4v) is 2.81. The lowest BCUT2D eigenvalue weighted by Gasteiger charge is -2.06. The molecule has 2 N–H and O–H groups in total. The van der Waals surface area contributed by atoms with Crippen LogP contribution in [0.25, 0.3) is 0 Å². The van der Waals surface area contributed by atoms with Crippen LogP contribution in [0, 0.1) is 11.3 Å². The topological polar surface area (TPSA) is 90.2 Å². The van der Waals surface area contributed by atoms with Gasteiger partial charge in [-0.1, -0.05) is 6.07 Å². The van der Waals surface area contributed by atoms with Gasteiger partial charge in [0.25, 0.3) is 0 Å². The Kier molecular flexibility index (Phi) is 6.50. The number of hydrogen-bond donors (Lipinski definition) is 2. The zero-order valence-corrected chi connectivity index (χ0v) is 11.5. The molecule has 0 aliphatic rings. The van der Waals surface area contributed by atoms with Crippen LogP contribution in [0.3, 0.4) is 0 Å². The van der Waals surface area contributed by atoms with E-state index in [4.69, 9.17) is 10.4 Å². The van der Waals surface area contributed by atoms with Gasteiger partial charge < -0.3 is 10.4 Å². The number of aliphatic hydroxyl groups is 1. The molecule has 0 bridgehead atoms. The standard InChI is InChI=1S/C13H18N2O3S/c14-11-12-4-3-5-13(10-12)19(17,18)9-7-15-6-1-2-8-16/h3-5,10,15-16H,1-2,6-9H2. The number of sulfone groups is 1. The van der Waals surface area contributed by atoms with Crippen molar-refractivity contribution in [2.24, 2.45) is 0 Å². The SMILES string of the molecule is N#Cc1cccc(S(=O)(=O)CCNCCCCO)c1. The van der Waals surface area contributed by atoms with Crippen molar-refractivity contribution >= 4 is 9.84 Å². The average Bonchev–Trinajstić information content (AvgIpc) is 2.43. The molecule has 0 saturated carbocycles.